The van der Waals surface area contributed by atoms with Crippen LogP contribution < -0.4 is 5.73 Å². The number of nitrogens with zero attached hydrogens (tertiary/aromatic N) is 3. The van der Waals surface area contributed by atoms with Crippen LogP contribution in [0.2, 0.25) is 0 Å². The molecule has 0 saturated heterocycles. The lowest BCUT2D eigenvalue weighted by atomic mass is 10.3. The fourth-order valence-electron chi connectivity index (χ4n) is 1.21. The van der Waals surface area contributed by atoms with E-state index in [1.165, 1.54) is 6.33 Å². The fourth-order valence-corrected chi connectivity index (χ4v) is 1.21. The van der Waals surface area contributed by atoms with Crippen LogP contribution in [0.1, 0.15) is 5.82 Å². The molecule has 0 amide bonds. The zero-order chi connectivity index (χ0) is 9.26. The van der Waals surface area contributed by atoms with Gasteiger partial charge in [-0.05, 0) is 25.1 Å². The monoisotopic (exact) mass is 174 g/mol. The van der Waals surface area contributed by atoms with Crippen LogP contribution in [-0.2, 0) is 0 Å². The van der Waals surface area contributed by atoms with E-state index in [9.17, 15) is 0 Å². The molecular weight excluding hydrogens is 164 g/mol. The van der Waals surface area contributed by atoms with Gasteiger partial charge in [0, 0.05) is 5.69 Å². The van der Waals surface area contributed by atoms with Crippen molar-refractivity contribution in [3.8, 4) is 5.69 Å². The van der Waals surface area contributed by atoms with Crippen molar-refractivity contribution in [3.63, 3.8) is 0 Å². The summed E-state index contributed by atoms with van der Waals surface area (Å²) in [6.45, 7) is 1.90. The molecule has 0 unspecified atom stereocenters. The van der Waals surface area contributed by atoms with Crippen LogP contribution in [0.15, 0.2) is 30.6 Å². The van der Waals surface area contributed by atoms with Crippen molar-refractivity contribution in [3.05, 3.63) is 36.4 Å². The van der Waals surface area contributed by atoms with E-state index in [1.807, 2.05) is 31.2 Å². The molecule has 2 rings (SSSR count). The topological polar surface area (TPSA) is 56.7 Å². The number of aromatic nitrogens is 3. The third-order valence-electron chi connectivity index (χ3n) is 1.83. The van der Waals surface area contributed by atoms with Gasteiger partial charge in [-0.2, -0.15) is 5.10 Å². The highest BCUT2D eigenvalue weighted by atomic mass is 15.3. The number of hydrogen-bond acceptors (Lipinski definition) is 3. The first-order valence-corrected chi connectivity index (χ1v) is 4.00. The van der Waals surface area contributed by atoms with E-state index in [4.69, 9.17) is 5.73 Å². The average Bonchev–Trinajstić information content (AvgIpc) is 2.51. The second-order valence-corrected chi connectivity index (χ2v) is 2.81. The molecule has 66 valence electrons. The minimum atomic E-state index is 0.729. The van der Waals surface area contributed by atoms with Gasteiger partial charge in [0.1, 0.15) is 12.2 Å². The van der Waals surface area contributed by atoms with Crippen molar-refractivity contribution < 1.29 is 0 Å². The van der Waals surface area contributed by atoms with E-state index >= 15 is 0 Å². The Morgan fingerprint density at radius 3 is 2.85 bits per heavy atom. The molecule has 0 spiro atoms. The molecule has 1 aromatic heterocycles. The number of hydrogen-bond donors (Lipinski definition) is 1. The average molecular weight is 174 g/mol. The van der Waals surface area contributed by atoms with Crippen LogP contribution in [-0.4, -0.2) is 14.8 Å². The van der Waals surface area contributed by atoms with E-state index in [1.54, 1.807) is 4.68 Å². The number of rotatable bonds is 1. The highest BCUT2D eigenvalue weighted by Crippen LogP contribution is 2.11. The molecular formula is C9H10N4. The smallest absolute Gasteiger partial charge is 0.138 e. The summed E-state index contributed by atoms with van der Waals surface area (Å²) in [5, 5.41) is 4.08. The minimum absolute atomic E-state index is 0.729. The van der Waals surface area contributed by atoms with E-state index in [-0.39, 0.29) is 0 Å². The van der Waals surface area contributed by atoms with E-state index in [2.05, 4.69) is 10.1 Å². The maximum atomic E-state index is 5.65. The largest absolute Gasteiger partial charge is 0.399 e. The predicted octanol–water partition coefficient (Wildman–Crippen LogP) is 1.16. The lowest BCUT2D eigenvalue weighted by Gasteiger charge is -2.02. The van der Waals surface area contributed by atoms with Crippen molar-refractivity contribution in [1.29, 1.82) is 0 Å². The number of nitrogens with two attached hydrogens (primary N) is 1. The normalized spacial score (nSPS) is 10.2. The molecule has 0 radical (unpaired) electrons. The standard InChI is InChI=1S/C9H10N4/c1-7-11-6-12-13(7)9-4-2-3-8(10)5-9/h2-6H,10H2,1H3. The lowest BCUT2D eigenvalue weighted by Crippen LogP contribution is -1.99. The quantitative estimate of drug-likeness (QED) is 0.660. The van der Waals surface area contributed by atoms with E-state index < -0.39 is 0 Å². The van der Waals surface area contributed by atoms with E-state index in [0.29, 0.717) is 0 Å². The second-order valence-electron chi connectivity index (χ2n) is 2.81. The van der Waals surface area contributed by atoms with Gasteiger partial charge in [0.25, 0.3) is 0 Å². The molecule has 0 aliphatic rings. The highest BCUT2D eigenvalue weighted by molar-refractivity contribution is 5.47. The van der Waals surface area contributed by atoms with Crippen LogP contribution in [0, 0.1) is 6.92 Å². The Morgan fingerprint density at radius 1 is 1.38 bits per heavy atom. The molecule has 0 aliphatic heterocycles. The van der Waals surface area contributed by atoms with Crippen LogP contribution in [0.3, 0.4) is 0 Å². The van der Waals surface area contributed by atoms with Crippen molar-refractivity contribution in [2.45, 2.75) is 6.92 Å². The Morgan fingerprint density at radius 2 is 2.23 bits per heavy atom. The molecule has 0 atom stereocenters. The summed E-state index contributed by atoms with van der Waals surface area (Å²) in [6.07, 6.45) is 1.53. The summed E-state index contributed by atoms with van der Waals surface area (Å²) in [6, 6.07) is 7.54. The first-order valence-electron chi connectivity index (χ1n) is 4.00. The summed E-state index contributed by atoms with van der Waals surface area (Å²) >= 11 is 0. The highest BCUT2D eigenvalue weighted by Gasteiger charge is 2.00. The zero-order valence-electron chi connectivity index (χ0n) is 7.31. The third kappa shape index (κ3) is 1.38. The Kier molecular flexibility index (Phi) is 1.73. The first-order chi connectivity index (χ1) is 6.27. The minimum Gasteiger partial charge on any atom is -0.399 e. The van der Waals surface area contributed by atoms with Gasteiger partial charge in [-0.15, -0.1) is 0 Å². The van der Waals surface area contributed by atoms with Crippen molar-refractivity contribution in [2.24, 2.45) is 0 Å². The van der Waals surface area contributed by atoms with Gasteiger partial charge in [-0.25, -0.2) is 9.67 Å². The van der Waals surface area contributed by atoms with Crippen LogP contribution in [0.25, 0.3) is 5.69 Å². The number of nitrogen functional groups attached to an aromatic ring is 1. The fraction of sp³-hybridized carbons (Fsp3) is 0.111. The zero-order valence-corrected chi connectivity index (χ0v) is 7.31. The van der Waals surface area contributed by atoms with Crippen LogP contribution in [0.4, 0.5) is 5.69 Å². The summed E-state index contributed by atoms with van der Waals surface area (Å²) in [5.74, 6) is 0.852. The Bertz CT molecular complexity index is 419. The summed E-state index contributed by atoms with van der Waals surface area (Å²) in [4.78, 5) is 4.03. The van der Waals surface area contributed by atoms with Crippen molar-refractivity contribution in [2.75, 3.05) is 5.73 Å². The molecule has 0 fully saturated rings. The number of anilines is 1. The van der Waals surface area contributed by atoms with Gasteiger partial charge in [-0.3, -0.25) is 0 Å². The third-order valence-corrected chi connectivity index (χ3v) is 1.83. The molecule has 1 aromatic carbocycles. The maximum Gasteiger partial charge on any atom is 0.138 e. The van der Waals surface area contributed by atoms with Gasteiger partial charge >= 0.3 is 0 Å². The van der Waals surface area contributed by atoms with Gasteiger partial charge < -0.3 is 5.73 Å². The van der Waals surface area contributed by atoms with Gasteiger partial charge in [0.05, 0.1) is 5.69 Å². The number of benzene rings is 1. The van der Waals surface area contributed by atoms with Crippen LogP contribution in [0.5, 0.6) is 0 Å². The summed E-state index contributed by atoms with van der Waals surface area (Å²) in [5.41, 5.74) is 7.32. The molecule has 2 aromatic rings. The van der Waals surface area contributed by atoms with Gasteiger partial charge in [-0.1, -0.05) is 6.07 Å². The molecule has 13 heavy (non-hydrogen) atoms. The number of aryl methyl sites for hydroxylation is 1. The van der Waals surface area contributed by atoms with Crippen LogP contribution >= 0.6 is 0 Å². The summed E-state index contributed by atoms with van der Waals surface area (Å²) < 4.78 is 1.75. The molecule has 4 nitrogen and oxygen atoms in total. The lowest BCUT2D eigenvalue weighted by molar-refractivity contribution is 0.841. The predicted molar refractivity (Wildman–Crippen MR) is 50.5 cm³/mol. The Labute approximate surface area is 76.0 Å². The second kappa shape index (κ2) is 2.90. The molecule has 0 saturated carbocycles. The Balaban J connectivity index is 2.53. The SMILES string of the molecule is Cc1ncnn1-c1cccc(N)c1. The summed E-state index contributed by atoms with van der Waals surface area (Å²) in [7, 11) is 0. The van der Waals surface area contributed by atoms with Crippen molar-refractivity contribution in [1.82, 2.24) is 14.8 Å². The van der Waals surface area contributed by atoms with E-state index in [0.717, 1.165) is 17.2 Å². The van der Waals surface area contributed by atoms with Gasteiger partial charge in [0.15, 0.2) is 0 Å². The molecule has 4 heteroatoms. The first kappa shape index (κ1) is 7.79. The molecule has 2 N–H and O–H groups in total. The molecule has 1 heterocycles. The van der Waals surface area contributed by atoms with Crippen molar-refractivity contribution >= 4 is 5.69 Å². The molecule has 0 aliphatic carbocycles. The van der Waals surface area contributed by atoms with Gasteiger partial charge in [0.2, 0.25) is 0 Å². The maximum absolute atomic E-state index is 5.65. The Hall–Kier alpha value is -1.84. The molecule has 0 bridgehead atoms.